The summed E-state index contributed by atoms with van der Waals surface area (Å²) in [6.45, 7) is 1.40. The van der Waals surface area contributed by atoms with Gasteiger partial charge in [0, 0.05) is 12.6 Å². The van der Waals surface area contributed by atoms with Gasteiger partial charge in [0.2, 0.25) is 5.91 Å². The van der Waals surface area contributed by atoms with Gasteiger partial charge in [0.25, 0.3) is 0 Å². The quantitative estimate of drug-likeness (QED) is 0.774. The van der Waals surface area contributed by atoms with Crippen LogP contribution in [0.15, 0.2) is 0 Å². The monoisotopic (exact) mass is 265 g/mol. The molecule has 2 N–H and O–H groups in total. The van der Waals surface area contributed by atoms with Gasteiger partial charge in [-0.3, -0.25) is 9.69 Å². The first kappa shape index (κ1) is 13.6. The molecular formula is C11H18F3N3O. The maximum atomic E-state index is 12.0. The average Bonchev–Trinajstić information content (AvgIpc) is 2.74. The first-order chi connectivity index (χ1) is 8.46. The largest absolute Gasteiger partial charge is 0.405 e. The lowest BCUT2D eigenvalue weighted by Gasteiger charge is -2.36. The van der Waals surface area contributed by atoms with Gasteiger partial charge in [0.15, 0.2) is 0 Å². The van der Waals surface area contributed by atoms with Crippen molar-refractivity contribution in [3.63, 3.8) is 0 Å². The third-order valence-electron chi connectivity index (χ3n) is 3.63. The van der Waals surface area contributed by atoms with E-state index in [0.29, 0.717) is 12.0 Å². The van der Waals surface area contributed by atoms with Crippen LogP contribution in [0, 0.1) is 5.92 Å². The van der Waals surface area contributed by atoms with Crippen molar-refractivity contribution in [1.82, 2.24) is 15.5 Å². The van der Waals surface area contributed by atoms with Crippen LogP contribution in [0.2, 0.25) is 0 Å². The molecule has 0 bridgehead atoms. The molecule has 2 aliphatic rings. The lowest BCUT2D eigenvalue weighted by atomic mass is 9.92. The fraction of sp³-hybridized carbons (Fsp3) is 0.909. The minimum atomic E-state index is -4.34. The van der Waals surface area contributed by atoms with E-state index in [1.165, 1.54) is 0 Å². The number of piperidine rings is 1. The van der Waals surface area contributed by atoms with Gasteiger partial charge in [-0.05, 0) is 31.8 Å². The molecule has 0 aliphatic carbocycles. The van der Waals surface area contributed by atoms with Crippen LogP contribution >= 0.6 is 0 Å². The number of nitrogens with one attached hydrogen (secondary N) is 2. The Balaban J connectivity index is 1.79. The second kappa shape index (κ2) is 5.44. The number of likely N-dealkylation sites (tertiary alicyclic amines) is 1. The number of carbonyl (C=O) groups excluding carboxylic acids is 1. The zero-order valence-corrected chi connectivity index (χ0v) is 10.1. The third kappa shape index (κ3) is 3.58. The van der Waals surface area contributed by atoms with Crippen molar-refractivity contribution in [2.75, 3.05) is 32.7 Å². The lowest BCUT2D eigenvalue weighted by Crippen LogP contribution is -2.50. The topological polar surface area (TPSA) is 44.4 Å². The number of halogens is 3. The number of fused-ring (bicyclic) bond motifs is 1. The molecule has 2 aliphatic heterocycles. The Morgan fingerprint density at radius 3 is 2.89 bits per heavy atom. The molecule has 0 aromatic rings. The number of nitrogens with zero attached hydrogens (tertiary/aromatic N) is 1. The van der Waals surface area contributed by atoms with Gasteiger partial charge < -0.3 is 10.6 Å². The zero-order valence-electron chi connectivity index (χ0n) is 10.1. The third-order valence-corrected chi connectivity index (χ3v) is 3.63. The maximum absolute atomic E-state index is 12.0. The summed E-state index contributed by atoms with van der Waals surface area (Å²) in [5, 5.41) is 5.19. The van der Waals surface area contributed by atoms with Crippen molar-refractivity contribution in [3.8, 4) is 0 Å². The van der Waals surface area contributed by atoms with Crippen LogP contribution in [0.4, 0.5) is 13.2 Å². The fourth-order valence-electron chi connectivity index (χ4n) is 2.80. The Bertz CT molecular complexity index is 308. The summed E-state index contributed by atoms with van der Waals surface area (Å²) in [6.07, 6.45) is -2.19. The first-order valence-electron chi connectivity index (χ1n) is 6.24. The van der Waals surface area contributed by atoms with E-state index in [-0.39, 0.29) is 6.54 Å². The van der Waals surface area contributed by atoms with Crippen molar-refractivity contribution in [2.24, 2.45) is 5.92 Å². The zero-order chi connectivity index (χ0) is 13.2. The second-order valence-corrected chi connectivity index (χ2v) is 4.99. The van der Waals surface area contributed by atoms with Gasteiger partial charge in [-0.2, -0.15) is 13.2 Å². The Hall–Kier alpha value is -0.820. The van der Waals surface area contributed by atoms with E-state index in [1.807, 2.05) is 10.2 Å². The molecule has 2 unspecified atom stereocenters. The van der Waals surface area contributed by atoms with E-state index in [9.17, 15) is 18.0 Å². The van der Waals surface area contributed by atoms with Gasteiger partial charge >= 0.3 is 6.18 Å². The SMILES string of the molecule is O=C(CN1CCCC2CNCC21)NCC(F)(F)F. The van der Waals surface area contributed by atoms with Crippen LogP contribution in [0.3, 0.4) is 0 Å². The smallest absolute Gasteiger partial charge is 0.346 e. The van der Waals surface area contributed by atoms with Crippen molar-refractivity contribution in [3.05, 3.63) is 0 Å². The number of rotatable bonds is 3. The molecule has 18 heavy (non-hydrogen) atoms. The molecule has 1 amide bonds. The predicted molar refractivity (Wildman–Crippen MR) is 60.0 cm³/mol. The molecule has 2 fully saturated rings. The fourth-order valence-corrected chi connectivity index (χ4v) is 2.80. The van der Waals surface area contributed by atoms with Crippen molar-refractivity contribution in [2.45, 2.75) is 25.1 Å². The highest BCUT2D eigenvalue weighted by Crippen LogP contribution is 2.25. The molecule has 0 saturated carbocycles. The number of hydrogen-bond donors (Lipinski definition) is 2. The highest BCUT2D eigenvalue weighted by molar-refractivity contribution is 5.78. The summed E-state index contributed by atoms with van der Waals surface area (Å²) in [5.41, 5.74) is 0. The van der Waals surface area contributed by atoms with Crippen molar-refractivity contribution in [1.29, 1.82) is 0 Å². The molecular weight excluding hydrogens is 247 g/mol. The highest BCUT2D eigenvalue weighted by atomic mass is 19.4. The normalized spacial score (nSPS) is 29.1. The summed E-state index contributed by atoms with van der Waals surface area (Å²) in [5.74, 6) is -0.00552. The predicted octanol–water partition coefficient (Wildman–Crippen LogP) is 0.349. The molecule has 7 heteroatoms. The molecule has 2 heterocycles. The van der Waals surface area contributed by atoms with Gasteiger partial charge in [0.1, 0.15) is 6.54 Å². The number of amides is 1. The van der Waals surface area contributed by atoms with Gasteiger partial charge in [0.05, 0.1) is 6.54 Å². The minimum Gasteiger partial charge on any atom is -0.346 e. The lowest BCUT2D eigenvalue weighted by molar-refractivity contribution is -0.139. The Labute approximate surface area is 104 Å². The van der Waals surface area contributed by atoms with E-state index >= 15 is 0 Å². The molecule has 104 valence electrons. The molecule has 2 atom stereocenters. The van der Waals surface area contributed by atoms with Crippen LogP contribution < -0.4 is 10.6 Å². The molecule has 0 aromatic heterocycles. The van der Waals surface area contributed by atoms with Crippen molar-refractivity contribution >= 4 is 5.91 Å². The van der Waals surface area contributed by atoms with Crippen molar-refractivity contribution < 1.29 is 18.0 Å². The summed E-state index contributed by atoms with van der Waals surface area (Å²) < 4.78 is 35.9. The maximum Gasteiger partial charge on any atom is 0.405 e. The highest BCUT2D eigenvalue weighted by Gasteiger charge is 2.36. The first-order valence-corrected chi connectivity index (χ1v) is 6.24. The van der Waals surface area contributed by atoms with Gasteiger partial charge in [-0.15, -0.1) is 0 Å². The Morgan fingerprint density at radius 2 is 2.17 bits per heavy atom. The van der Waals surface area contributed by atoms with Gasteiger partial charge in [-0.1, -0.05) is 0 Å². The second-order valence-electron chi connectivity index (χ2n) is 4.99. The van der Waals surface area contributed by atoms with E-state index in [1.54, 1.807) is 0 Å². The van der Waals surface area contributed by atoms with E-state index in [4.69, 9.17) is 0 Å². The van der Waals surface area contributed by atoms with E-state index < -0.39 is 18.6 Å². The molecule has 4 nitrogen and oxygen atoms in total. The van der Waals surface area contributed by atoms with Crippen LogP contribution in [0.1, 0.15) is 12.8 Å². The molecule has 0 radical (unpaired) electrons. The molecule has 2 rings (SSSR count). The number of carbonyl (C=O) groups is 1. The van der Waals surface area contributed by atoms with Crippen LogP contribution in [-0.2, 0) is 4.79 Å². The van der Waals surface area contributed by atoms with Crippen LogP contribution in [-0.4, -0.2) is 55.7 Å². The molecule has 2 saturated heterocycles. The number of hydrogen-bond acceptors (Lipinski definition) is 3. The minimum absolute atomic E-state index is 0.0684. The number of alkyl halides is 3. The van der Waals surface area contributed by atoms with E-state index in [2.05, 4.69) is 5.32 Å². The summed E-state index contributed by atoms with van der Waals surface area (Å²) in [7, 11) is 0. The molecule has 0 aromatic carbocycles. The Morgan fingerprint density at radius 1 is 1.39 bits per heavy atom. The van der Waals surface area contributed by atoms with E-state index in [0.717, 1.165) is 32.5 Å². The summed E-state index contributed by atoms with van der Waals surface area (Å²) in [4.78, 5) is 13.5. The standard InChI is InChI=1S/C11H18F3N3O/c12-11(13,14)7-16-10(18)6-17-3-1-2-8-4-15-5-9(8)17/h8-9,15H,1-7H2,(H,16,18). The van der Waals surface area contributed by atoms with Gasteiger partial charge in [-0.25, -0.2) is 0 Å². The summed E-state index contributed by atoms with van der Waals surface area (Å²) in [6, 6.07) is 0.301. The summed E-state index contributed by atoms with van der Waals surface area (Å²) >= 11 is 0. The molecule has 0 spiro atoms. The Kier molecular flexibility index (Phi) is 4.11. The van der Waals surface area contributed by atoms with Crippen LogP contribution in [0.5, 0.6) is 0 Å². The average molecular weight is 265 g/mol. The van der Waals surface area contributed by atoms with Crippen LogP contribution in [0.25, 0.3) is 0 Å².